The minimum atomic E-state index is -0.161. The van der Waals surface area contributed by atoms with Crippen LogP contribution in [0.5, 0.6) is 0 Å². The van der Waals surface area contributed by atoms with Gasteiger partial charge in [-0.1, -0.05) is 0 Å². The number of hydrogen-bond acceptors (Lipinski definition) is 3. The summed E-state index contributed by atoms with van der Waals surface area (Å²) in [4.78, 5) is 8.69. The fourth-order valence-corrected chi connectivity index (χ4v) is 1.62. The maximum absolute atomic E-state index is 6.07. The fraction of sp³-hybridized carbons (Fsp3) is 0.273. The van der Waals surface area contributed by atoms with Gasteiger partial charge < -0.3 is 5.73 Å². The van der Waals surface area contributed by atoms with Crippen LogP contribution < -0.4 is 5.73 Å². The zero-order valence-corrected chi connectivity index (χ0v) is 9.00. The lowest BCUT2D eigenvalue weighted by molar-refractivity contribution is 0.711. The molecule has 1 saturated carbocycles. The normalized spacial score (nSPS) is 17.1. The third kappa shape index (κ3) is 1.68. The van der Waals surface area contributed by atoms with Crippen LogP contribution in [0.15, 0.2) is 30.5 Å². The van der Waals surface area contributed by atoms with Crippen molar-refractivity contribution in [3.63, 3.8) is 0 Å². The molecule has 78 valence electrons. The Bertz CT molecular complexity index is 494. The highest BCUT2D eigenvalue weighted by Crippen LogP contribution is 2.41. The van der Waals surface area contributed by atoms with Gasteiger partial charge in [-0.15, -0.1) is 12.4 Å². The standard InChI is InChI=1S/C11H11N3.ClH/c12-11(5-6-11)9-4-3-8-2-1-7-13-10(8)14-9;/h1-4,7H,5-6,12H2;1H. The summed E-state index contributed by atoms with van der Waals surface area (Å²) in [5.74, 6) is 0. The molecule has 0 amide bonds. The van der Waals surface area contributed by atoms with Gasteiger partial charge in [-0.05, 0) is 37.1 Å². The Morgan fingerprint density at radius 2 is 2.00 bits per heavy atom. The summed E-state index contributed by atoms with van der Waals surface area (Å²) in [6, 6.07) is 7.98. The van der Waals surface area contributed by atoms with Crippen molar-refractivity contribution in [1.29, 1.82) is 0 Å². The largest absolute Gasteiger partial charge is 0.320 e. The van der Waals surface area contributed by atoms with Crippen LogP contribution in [-0.4, -0.2) is 9.97 Å². The van der Waals surface area contributed by atoms with Crippen LogP contribution >= 0.6 is 12.4 Å². The number of halogens is 1. The Labute approximate surface area is 94.1 Å². The van der Waals surface area contributed by atoms with Gasteiger partial charge in [-0.2, -0.15) is 0 Å². The van der Waals surface area contributed by atoms with Crippen LogP contribution in [0.25, 0.3) is 11.0 Å². The predicted octanol–water partition coefficient (Wildman–Crippen LogP) is 2.00. The SMILES string of the molecule is Cl.NC1(c2ccc3cccnc3n2)CC1. The number of fused-ring (bicyclic) bond motifs is 1. The van der Waals surface area contributed by atoms with Gasteiger partial charge in [0.05, 0.1) is 11.2 Å². The Kier molecular flexibility index (Phi) is 2.37. The molecule has 3 rings (SSSR count). The van der Waals surface area contributed by atoms with Crippen LogP contribution in [0.3, 0.4) is 0 Å². The summed E-state index contributed by atoms with van der Waals surface area (Å²) in [7, 11) is 0. The number of nitrogens with zero attached hydrogens (tertiary/aromatic N) is 2. The van der Waals surface area contributed by atoms with E-state index in [0.29, 0.717) is 0 Å². The summed E-state index contributed by atoms with van der Waals surface area (Å²) in [6.45, 7) is 0. The zero-order chi connectivity index (χ0) is 9.60. The van der Waals surface area contributed by atoms with Gasteiger partial charge in [-0.25, -0.2) is 9.97 Å². The van der Waals surface area contributed by atoms with E-state index in [4.69, 9.17) is 5.73 Å². The zero-order valence-electron chi connectivity index (χ0n) is 8.18. The maximum atomic E-state index is 6.07. The Balaban J connectivity index is 0.000000853. The van der Waals surface area contributed by atoms with Crippen LogP contribution in [0.4, 0.5) is 0 Å². The summed E-state index contributed by atoms with van der Waals surface area (Å²) in [6.07, 6.45) is 3.84. The second-order valence-electron chi connectivity index (χ2n) is 3.90. The third-order valence-electron chi connectivity index (χ3n) is 2.76. The topological polar surface area (TPSA) is 51.8 Å². The van der Waals surface area contributed by atoms with Crippen molar-refractivity contribution in [3.05, 3.63) is 36.2 Å². The molecule has 2 N–H and O–H groups in total. The molecule has 0 unspecified atom stereocenters. The van der Waals surface area contributed by atoms with Gasteiger partial charge in [0.2, 0.25) is 0 Å². The molecule has 1 aliphatic rings. The average molecular weight is 222 g/mol. The fourth-order valence-electron chi connectivity index (χ4n) is 1.62. The summed E-state index contributed by atoms with van der Waals surface area (Å²) < 4.78 is 0. The van der Waals surface area contributed by atoms with Gasteiger partial charge in [0.25, 0.3) is 0 Å². The van der Waals surface area contributed by atoms with E-state index in [9.17, 15) is 0 Å². The molecule has 1 fully saturated rings. The van der Waals surface area contributed by atoms with Crippen molar-refractivity contribution < 1.29 is 0 Å². The van der Waals surface area contributed by atoms with E-state index in [1.54, 1.807) is 6.20 Å². The Morgan fingerprint density at radius 1 is 1.20 bits per heavy atom. The summed E-state index contributed by atoms with van der Waals surface area (Å²) in [5, 5.41) is 1.07. The third-order valence-corrected chi connectivity index (χ3v) is 2.76. The van der Waals surface area contributed by atoms with Gasteiger partial charge in [-0.3, -0.25) is 0 Å². The van der Waals surface area contributed by atoms with E-state index >= 15 is 0 Å². The minimum Gasteiger partial charge on any atom is -0.320 e. The molecule has 0 radical (unpaired) electrons. The van der Waals surface area contributed by atoms with Crippen LogP contribution in [0.2, 0.25) is 0 Å². The van der Waals surface area contributed by atoms with Crippen molar-refractivity contribution in [2.24, 2.45) is 5.73 Å². The molecule has 0 saturated heterocycles. The molecular weight excluding hydrogens is 210 g/mol. The first-order chi connectivity index (χ1) is 6.78. The van der Waals surface area contributed by atoms with Crippen molar-refractivity contribution in [2.45, 2.75) is 18.4 Å². The Morgan fingerprint density at radius 3 is 2.73 bits per heavy atom. The molecule has 0 spiro atoms. The van der Waals surface area contributed by atoms with E-state index < -0.39 is 0 Å². The highest BCUT2D eigenvalue weighted by atomic mass is 35.5. The molecule has 4 heteroatoms. The van der Waals surface area contributed by atoms with E-state index in [1.165, 1.54) is 0 Å². The van der Waals surface area contributed by atoms with E-state index in [1.807, 2.05) is 24.3 Å². The molecule has 0 atom stereocenters. The molecule has 2 heterocycles. The molecular formula is C11H12ClN3. The average Bonchev–Trinajstić information content (AvgIpc) is 2.97. The van der Waals surface area contributed by atoms with E-state index in [-0.39, 0.29) is 17.9 Å². The van der Waals surface area contributed by atoms with Gasteiger partial charge in [0.15, 0.2) is 5.65 Å². The number of hydrogen-bond donors (Lipinski definition) is 1. The second kappa shape index (κ2) is 3.43. The van der Waals surface area contributed by atoms with Crippen LogP contribution in [0.1, 0.15) is 18.5 Å². The molecule has 0 aliphatic heterocycles. The number of aromatic nitrogens is 2. The number of rotatable bonds is 1. The lowest BCUT2D eigenvalue weighted by Gasteiger charge is -2.07. The molecule has 1 aliphatic carbocycles. The molecule has 15 heavy (non-hydrogen) atoms. The minimum absolute atomic E-state index is 0. The van der Waals surface area contributed by atoms with Crippen molar-refractivity contribution in [2.75, 3.05) is 0 Å². The van der Waals surface area contributed by atoms with Crippen LogP contribution in [0, 0.1) is 0 Å². The molecule has 0 bridgehead atoms. The summed E-state index contributed by atoms with van der Waals surface area (Å²) in [5.41, 5.74) is 7.68. The van der Waals surface area contributed by atoms with E-state index in [2.05, 4.69) is 9.97 Å². The van der Waals surface area contributed by atoms with Gasteiger partial charge >= 0.3 is 0 Å². The molecule has 3 nitrogen and oxygen atoms in total. The molecule has 2 aromatic heterocycles. The second-order valence-corrected chi connectivity index (χ2v) is 3.90. The summed E-state index contributed by atoms with van der Waals surface area (Å²) >= 11 is 0. The quantitative estimate of drug-likeness (QED) is 0.802. The Hall–Kier alpha value is -1.19. The lowest BCUT2D eigenvalue weighted by Crippen LogP contribution is -2.20. The lowest BCUT2D eigenvalue weighted by atomic mass is 10.1. The highest BCUT2D eigenvalue weighted by molar-refractivity contribution is 5.85. The predicted molar refractivity (Wildman–Crippen MR) is 61.9 cm³/mol. The first-order valence-corrected chi connectivity index (χ1v) is 4.79. The van der Waals surface area contributed by atoms with Gasteiger partial charge in [0, 0.05) is 11.6 Å². The first kappa shape index (κ1) is 10.3. The molecule has 2 aromatic rings. The molecule has 0 aromatic carbocycles. The van der Waals surface area contributed by atoms with E-state index in [0.717, 1.165) is 29.6 Å². The monoisotopic (exact) mass is 221 g/mol. The maximum Gasteiger partial charge on any atom is 0.159 e. The smallest absolute Gasteiger partial charge is 0.159 e. The van der Waals surface area contributed by atoms with Crippen molar-refractivity contribution in [3.8, 4) is 0 Å². The van der Waals surface area contributed by atoms with Gasteiger partial charge in [0.1, 0.15) is 0 Å². The van der Waals surface area contributed by atoms with Crippen molar-refractivity contribution in [1.82, 2.24) is 9.97 Å². The number of nitrogens with two attached hydrogens (primary N) is 1. The van der Waals surface area contributed by atoms with Crippen molar-refractivity contribution >= 4 is 23.4 Å². The van der Waals surface area contributed by atoms with Crippen LogP contribution in [-0.2, 0) is 5.54 Å². The highest BCUT2D eigenvalue weighted by Gasteiger charge is 2.41. The first-order valence-electron chi connectivity index (χ1n) is 4.79. The number of pyridine rings is 2.